The minimum Gasteiger partial charge on any atom is -0.378 e. The smallest absolute Gasteiger partial charge is 0.254 e. The summed E-state index contributed by atoms with van der Waals surface area (Å²) < 4.78 is 5.30. The summed E-state index contributed by atoms with van der Waals surface area (Å²) in [6.07, 6.45) is 1.41. The van der Waals surface area contributed by atoms with Crippen molar-refractivity contribution in [2.45, 2.75) is 20.4 Å². The van der Waals surface area contributed by atoms with Gasteiger partial charge in [-0.05, 0) is 17.7 Å². The summed E-state index contributed by atoms with van der Waals surface area (Å²) in [4.78, 5) is 42.2. The van der Waals surface area contributed by atoms with Gasteiger partial charge in [0.05, 0.1) is 25.0 Å². The average molecular weight is 416 g/mol. The number of carbonyl (C=O) groups is 3. The number of carbonyl (C=O) groups excluding carboxylic acids is 3. The van der Waals surface area contributed by atoms with Gasteiger partial charge in [-0.25, -0.2) is 0 Å². The molecule has 2 saturated heterocycles. The standard InChI is InChI=1S/C22H31N4O4/c1-22(2,21(23)29)15-19(27)25-9-7-24(8-10-25)16-17-3-5-18(6-4-17)20(28)26-11-13-30-14-12-26/h3-6,15H,7-14,16H2,1-2H3,(H2,23,29). The minimum absolute atomic E-state index is 0.0483. The lowest BCUT2D eigenvalue weighted by atomic mass is 9.88. The lowest BCUT2D eigenvalue weighted by Gasteiger charge is -2.36. The van der Waals surface area contributed by atoms with Crippen LogP contribution in [0.3, 0.4) is 0 Å². The number of ether oxygens (including phenoxy) is 1. The topological polar surface area (TPSA) is 96.2 Å². The summed E-state index contributed by atoms with van der Waals surface area (Å²) in [5.41, 5.74) is 6.23. The van der Waals surface area contributed by atoms with Crippen LogP contribution in [0.5, 0.6) is 0 Å². The quantitative estimate of drug-likeness (QED) is 0.731. The van der Waals surface area contributed by atoms with E-state index in [2.05, 4.69) is 4.90 Å². The summed E-state index contributed by atoms with van der Waals surface area (Å²) >= 11 is 0. The van der Waals surface area contributed by atoms with E-state index in [0.717, 1.165) is 25.2 Å². The van der Waals surface area contributed by atoms with E-state index in [9.17, 15) is 14.4 Å². The molecule has 1 aromatic rings. The number of piperazine rings is 1. The van der Waals surface area contributed by atoms with Crippen molar-refractivity contribution in [3.63, 3.8) is 0 Å². The molecule has 2 aliphatic rings. The van der Waals surface area contributed by atoms with Crippen LogP contribution in [0.2, 0.25) is 0 Å². The van der Waals surface area contributed by atoms with Crippen LogP contribution in [0.1, 0.15) is 29.8 Å². The van der Waals surface area contributed by atoms with Crippen molar-refractivity contribution in [1.82, 2.24) is 14.7 Å². The van der Waals surface area contributed by atoms with Crippen molar-refractivity contribution in [1.29, 1.82) is 0 Å². The highest BCUT2D eigenvalue weighted by atomic mass is 16.5. The normalized spacial score (nSPS) is 18.3. The largest absolute Gasteiger partial charge is 0.378 e. The zero-order valence-electron chi connectivity index (χ0n) is 17.8. The Labute approximate surface area is 177 Å². The van der Waals surface area contributed by atoms with Crippen LogP contribution >= 0.6 is 0 Å². The second-order valence-corrected chi connectivity index (χ2v) is 8.43. The molecule has 2 N–H and O–H groups in total. The maximum absolute atomic E-state index is 12.5. The number of nitrogens with zero attached hydrogens (tertiary/aromatic N) is 3. The van der Waals surface area contributed by atoms with Gasteiger partial charge in [-0.2, -0.15) is 0 Å². The van der Waals surface area contributed by atoms with E-state index in [-0.39, 0.29) is 11.8 Å². The first-order valence-corrected chi connectivity index (χ1v) is 10.4. The molecule has 2 aliphatic heterocycles. The van der Waals surface area contributed by atoms with Crippen molar-refractivity contribution in [2.24, 2.45) is 11.1 Å². The Morgan fingerprint density at radius 3 is 2.13 bits per heavy atom. The van der Waals surface area contributed by atoms with Gasteiger partial charge in [0.25, 0.3) is 5.91 Å². The van der Waals surface area contributed by atoms with Crippen LogP contribution in [0.15, 0.2) is 24.3 Å². The van der Waals surface area contributed by atoms with Crippen molar-refractivity contribution >= 4 is 17.7 Å². The lowest BCUT2D eigenvalue weighted by Crippen LogP contribution is -2.50. The van der Waals surface area contributed by atoms with Gasteiger partial charge in [-0.15, -0.1) is 0 Å². The fraction of sp³-hybridized carbons (Fsp3) is 0.545. The number of hydrogen-bond acceptors (Lipinski definition) is 5. The van der Waals surface area contributed by atoms with Gasteiger partial charge < -0.3 is 20.3 Å². The molecule has 0 atom stereocenters. The average Bonchev–Trinajstić information content (AvgIpc) is 2.74. The molecule has 3 rings (SSSR count). The van der Waals surface area contributed by atoms with Crippen LogP contribution in [0, 0.1) is 11.8 Å². The molecule has 1 aromatic carbocycles. The van der Waals surface area contributed by atoms with Crippen LogP contribution in [0.25, 0.3) is 0 Å². The molecule has 0 spiro atoms. The fourth-order valence-corrected chi connectivity index (χ4v) is 3.56. The summed E-state index contributed by atoms with van der Waals surface area (Å²) in [6, 6.07) is 7.75. The molecule has 0 saturated carbocycles. The first-order valence-electron chi connectivity index (χ1n) is 10.4. The number of nitrogens with two attached hydrogens (primary N) is 1. The molecular weight excluding hydrogens is 384 g/mol. The monoisotopic (exact) mass is 415 g/mol. The molecule has 163 valence electrons. The van der Waals surface area contributed by atoms with Crippen LogP contribution < -0.4 is 5.73 Å². The van der Waals surface area contributed by atoms with Gasteiger partial charge in [0, 0.05) is 51.4 Å². The number of benzene rings is 1. The number of morpholine rings is 1. The second-order valence-electron chi connectivity index (χ2n) is 8.43. The number of hydrogen-bond donors (Lipinski definition) is 1. The van der Waals surface area contributed by atoms with Gasteiger partial charge in [0.1, 0.15) is 0 Å². The van der Waals surface area contributed by atoms with Crippen LogP contribution in [-0.4, -0.2) is 84.9 Å². The Hall–Kier alpha value is -2.45. The Bertz CT molecular complexity index is 764. The fourth-order valence-electron chi connectivity index (χ4n) is 3.56. The van der Waals surface area contributed by atoms with Crippen LogP contribution in [-0.2, 0) is 20.9 Å². The van der Waals surface area contributed by atoms with Gasteiger partial charge in [0.2, 0.25) is 11.8 Å². The molecule has 0 bridgehead atoms. The van der Waals surface area contributed by atoms with E-state index < -0.39 is 11.3 Å². The van der Waals surface area contributed by atoms with Crippen molar-refractivity contribution in [3.8, 4) is 0 Å². The van der Waals surface area contributed by atoms with Crippen molar-refractivity contribution in [2.75, 3.05) is 52.5 Å². The molecule has 0 aromatic heterocycles. The van der Waals surface area contributed by atoms with E-state index >= 15 is 0 Å². The zero-order valence-corrected chi connectivity index (χ0v) is 17.8. The van der Waals surface area contributed by atoms with E-state index in [0.29, 0.717) is 45.0 Å². The minimum atomic E-state index is -0.950. The first-order chi connectivity index (χ1) is 14.3. The predicted molar refractivity (Wildman–Crippen MR) is 112 cm³/mol. The number of rotatable bonds is 6. The first kappa shape index (κ1) is 22.2. The van der Waals surface area contributed by atoms with E-state index in [1.165, 1.54) is 6.42 Å². The second kappa shape index (κ2) is 9.57. The van der Waals surface area contributed by atoms with Crippen LogP contribution in [0.4, 0.5) is 0 Å². The molecule has 0 unspecified atom stereocenters. The Morgan fingerprint density at radius 1 is 0.967 bits per heavy atom. The maximum atomic E-state index is 12.5. The molecule has 0 aliphatic carbocycles. The SMILES string of the molecule is CC(C)([CH]C(=O)N1CCN(Cc2ccc(C(=O)N3CCOCC3)cc2)CC1)C(N)=O. The molecule has 2 fully saturated rings. The zero-order chi connectivity index (χ0) is 21.7. The van der Waals surface area contributed by atoms with E-state index in [4.69, 9.17) is 10.5 Å². The van der Waals surface area contributed by atoms with Crippen molar-refractivity contribution < 1.29 is 19.1 Å². The number of primary amides is 1. The Balaban J connectivity index is 1.47. The highest BCUT2D eigenvalue weighted by Crippen LogP contribution is 2.20. The predicted octanol–water partition coefficient (Wildman–Crippen LogP) is 0.519. The van der Waals surface area contributed by atoms with Gasteiger partial charge in [-0.3, -0.25) is 19.3 Å². The Morgan fingerprint density at radius 2 is 1.57 bits per heavy atom. The molecule has 8 heteroatoms. The maximum Gasteiger partial charge on any atom is 0.254 e. The van der Waals surface area contributed by atoms with Gasteiger partial charge in [0.15, 0.2) is 0 Å². The third kappa shape index (κ3) is 5.58. The molecule has 2 heterocycles. The third-order valence-electron chi connectivity index (χ3n) is 5.71. The van der Waals surface area contributed by atoms with E-state index in [1.54, 1.807) is 18.7 Å². The number of amides is 3. The summed E-state index contributed by atoms with van der Waals surface area (Å²) in [5.74, 6) is -0.610. The van der Waals surface area contributed by atoms with Crippen molar-refractivity contribution in [3.05, 3.63) is 41.8 Å². The molecule has 1 radical (unpaired) electrons. The third-order valence-corrected chi connectivity index (χ3v) is 5.71. The molecule has 8 nitrogen and oxygen atoms in total. The van der Waals surface area contributed by atoms with Gasteiger partial charge >= 0.3 is 0 Å². The highest BCUT2D eigenvalue weighted by molar-refractivity contribution is 5.94. The summed E-state index contributed by atoms with van der Waals surface area (Å²) in [7, 11) is 0. The summed E-state index contributed by atoms with van der Waals surface area (Å²) in [6.45, 7) is 9.26. The molecule has 30 heavy (non-hydrogen) atoms. The molecular formula is C22H31N4O4. The molecule has 3 amide bonds. The highest BCUT2D eigenvalue weighted by Gasteiger charge is 2.32. The van der Waals surface area contributed by atoms with Gasteiger partial charge in [-0.1, -0.05) is 26.0 Å². The summed E-state index contributed by atoms with van der Waals surface area (Å²) in [5, 5.41) is 0. The lowest BCUT2D eigenvalue weighted by molar-refractivity contribution is -0.134. The Kier molecular flexibility index (Phi) is 7.10. The van der Waals surface area contributed by atoms with E-state index in [1.807, 2.05) is 29.2 Å².